The number of rotatable bonds is 9. The number of nitrogens with zero attached hydrogens (tertiary/aromatic N) is 4. The van der Waals surface area contributed by atoms with Crippen LogP contribution in [-0.2, 0) is 21.3 Å². The third-order valence-electron chi connectivity index (χ3n) is 6.49. The Hall–Kier alpha value is -2.93. The average molecular weight is 547 g/mol. The van der Waals surface area contributed by atoms with Gasteiger partial charge in [-0.05, 0) is 56.5 Å². The van der Waals surface area contributed by atoms with Crippen LogP contribution in [0, 0.1) is 10.1 Å². The molecule has 2 aromatic carbocycles. The molecule has 1 aliphatic rings. The first-order valence-electron chi connectivity index (χ1n) is 12.3. The molecule has 0 aliphatic carbocycles. The molecular formula is C25H30N4O6S2. The Balaban J connectivity index is 1.65. The monoisotopic (exact) mass is 546 g/mol. The predicted octanol–water partition coefficient (Wildman–Crippen LogP) is 4.34. The summed E-state index contributed by atoms with van der Waals surface area (Å²) < 4.78 is 36.0. The maximum atomic E-state index is 13.2. The zero-order valence-electron chi connectivity index (χ0n) is 20.8. The van der Waals surface area contributed by atoms with Gasteiger partial charge in [0, 0.05) is 43.4 Å². The first-order valence-corrected chi connectivity index (χ1v) is 14.6. The third kappa shape index (κ3) is 5.82. The molecule has 2 heterocycles. The first-order chi connectivity index (χ1) is 17.8. The van der Waals surface area contributed by atoms with Gasteiger partial charge in [0.05, 0.1) is 26.6 Å². The van der Waals surface area contributed by atoms with Crippen molar-refractivity contribution in [1.29, 1.82) is 0 Å². The molecule has 1 aromatic heterocycles. The summed E-state index contributed by atoms with van der Waals surface area (Å²) in [5, 5.41) is 11.3. The quantitative estimate of drug-likeness (QED) is 0.223. The summed E-state index contributed by atoms with van der Waals surface area (Å²) in [5.74, 6) is -0.528. The normalized spacial score (nSPS) is 17.4. The molecule has 1 atom stereocenters. The van der Waals surface area contributed by atoms with Gasteiger partial charge in [0.25, 0.3) is 11.6 Å². The van der Waals surface area contributed by atoms with Crippen LogP contribution in [-0.4, -0.2) is 53.9 Å². The molecule has 4 rings (SSSR count). The topological polar surface area (TPSA) is 124 Å². The minimum absolute atomic E-state index is 0.00835. The summed E-state index contributed by atoms with van der Waals surface area (Å²) >= 11 is 1.25. The van der Waals surface area contributed by atoms with Crippen LogP contribution in [0.5, 0.6) is 0 Å². The van der Waals surface area contributed by atoms with Crippen LogP contribution in [0.2, 0.25) is 0 Å². The zero-order valence-corrected chi connectivity index (χ0v) is 22.5. The number of nitro benzene ring substituents is 1. The average Bonchev–Trinajstić information content (AvgIpc) is 3.24. The van der Waals surface area contributed by atoms with E-state index in [1.807, 2.05) is 13.8 Å². The fourth-order valence-corrected chi connectivity index (χ4v) is 7.33. The van der Waals surface area contributed by atoms with Gasteiger partial charge < -0.3 is 9.30 Å². The maximum absolute atomic E-state index is 13.2. The summed E-state index contributed by atoms with van der Waals surface area (Å²) in [6, 6.07) is 10.4. The Morgan fingerprint density at radius 1 is 1.19 bits per heavy atom. The van der Waals surface area contributed by atoms with Crippen molar-refractivity contribution in [3.05, 3.63) is 62.9 Å². The van der Waals surface area contributed by atoms with Crippen molar-refractivity contribution < 1.29 is 22.9 Å². The molecule has 10 nitrogen and oxygen atoms in total. The summed E-state index contributed by atoms with van der Waals surface area (Å²) in [4.78, 5) is 28.7. The van der Waals surface area contributed by atoms with E-state index in [4.69, 9.17) is 4.74 Å². The molecule has 0 N–H and O–H groups in total. The molecule has 12 heteroatoms. The van der Waals surface area contributed by atoms with Crippen molar-refractivity contribution in [3.8, 4) is 0 Å². The number of ether oxygens (including phenoxy) is 1. The third-order valence-corrected chi connectivity index (χ3v) is 9.51. The second kappa shape index (κ2) is 11.6. The minimum atomic E-state index is -3.65. The number of benzene rings is 2. The van der Waals surface area contributed by atoms with Gasteiger partial charge in [-0.1, -0.05) is 24.7 Å². The number of amides is 1. The van der Waals surface area contributed by atoms with Crippen LogP contribution in [0.25, 0.3) is 10.2 Å². The van der Waals surface area contributed by atoms with Crippen molar-refractivity contribution >= 4 is 43.2 Å². The molecule has 1 saturated heterocycles. The first kappa shape index (κ1) is 27.1. The Morgan fingerprint density at radius 2 is 1.95 bits per heavy atom. The Bertz CT molecular complexity index is 1460. The van der Waals surface area contributed by atoms with Crippen LogP contribution >= 0.6 is 11.3 Å². The summed E-state index contributed by atoms with van der Waals surface area (Å²) in [7, 11) is -3.65. The largest absolute Gasteiger partial charge is 0.380 e. The standard InChI is InChI=1S/C25H30N4O6S2/c1-3-19-7-5-6-14-28(19)37(33,34)21-11-8-18(9-12-21)24(30)26-25-27(15-16-35-4-2)22-17-20(29(31)32)10-13-23(22)36-25/h8-13,17,19H,3-7,14-16H2,1-2H3. The van der Waals surface area contributed by atoms with Crippen LogP contribution in [0.15, 0.2) is 52.4 Å². The fraction of sp³-hybridized carbons (Fsp3) is 0.440. The van der Waals surface area contributed by atoms with Crippen molar-refractivity contribution in [2.24, 2.45) is 4.99 Å². The molecule has 3 aromatic rings. The van der Waals surface area contributed by atoms with Crippen LogP contribution in [0.3, 0.4) is 0 Å². The Kier molecular flexibility index (Phi) is 8.53. The van der Waals surface area contributed by atoms with E-state index < -0.39 is 20.9 Å². The summed E-state index contributed by atoms with van der Waals surface area (Å²) in [6.45, 7) is 5.60. The highest BCUT2D eigenvalue weighted by atomic mass is 32.2. The molecule has 1 aliphatic heterocycles. The lowest BCUT2D eigenvalue weighted by molar-refractivity contribution is -0.384. The van der Waals surface area contributed by atoms with Gasteiger partial charge in [-0.3, -0.25) is 14.9 Å². The van der Waals surface area contributed by atoms with Crippen molar-refractivity contribution in [2.75, 3.05) is 19.8 Å². The van der Waals surface area contributed by atoms with E-state index in [9.17, 15) is 23.3 Å². The molecule has 1 unspecified atom stereocenters. The number of fused-ring (bicyclic) bond motifs is 1. The molecule has 0 radical (unpaired) electrons. The van der Waals surface area contributed by atoms with E-state index in [2.05, 4.69) is 4.99 Å². The number of thiazole rings is 1. The van der Waals surface area contributed by atoms with E-state index in [1.54, 1.807) is 14.9 Å². The summed E-state index contributed by atoms with van der Waals surface area (Å²) in [6.07, 6.45) is 3.48. The maximum Gasteiger partial charge on any atom is 0.279 e. The van der Waals surface area contributed by atoms with Gasteiger partial charge in [-0.25, -0.2) is 8.42 Å². The van der Waals surface area contributed by atoms with E-state index in [1.165, 1.54) is 47.7 Å². The predicted molar refractivity (Wildman–Crippen MR) is 141 cm³/mol. The highest BCUT2D eigenvalue weighted by molar-refractivity contribution is 7.89. The summed E-state index contributed by atoms with van der Waals surface area (Å²) in [5.41, 5.74) is 0.799. The fourth-order valence-electron chi connectivity index (χ4n) is 4.53. The second-order valence-electron chi connectivity index (χ2n) is 8.76. The number of hydrogen-bond acceptors (Lipinski definition) is 7. The molecule has 0 spiro atoms. The lowest BCUT2D eigenvalue weighted by Crippen LogP contribution is -2.43. The molecule has 0 bridgehead atoms. The number of hydrogen-bond donors (Lipinski definition) is 0. The number of aromatic nitrogens is 1. The van der Waals surface area contributed by atoms with Gasteiger partial charge in [-0.15, -0.1) is 0 Å². The number of sulfonamides is 1. The lowest BCUT2D eigenvalue weighted by atomic mass is 10.0. The van der Waals surface area contributed by atoms with E-state index in [-0.39, 0.29) is 22.2 Å². The van der Waals surface area contributed by atoms with Gasteiger partial charge in [-0.2, -0.15) is 9.30 Å². The lowest BCUT2D eigenvalue weighted by Gasteiger charge is -2.34. The Morgan fingerprint density at radius 3 is 2.62 bits per heavy atom. The van der Waals surface area contributed by atoms with Crippen molar-refractivity contribution in [3.63, 3.8) is 0 Å². The van der Waals surface area contributed by atoms with Gasteiger partial charge >= 0.3 is 0 Å². The SMILES string of the molecule is CCOCCn1c(=NC(=O)c2ccc(S(=O)(=O)N3CCCCC3CC)cc2)sc2ccc([N+](=O)[O-])cc21. The second-order valence-corrected chi connectivity index (χ2v) is 11.7. The Labute approximate surface area is 219 Å². The number of nitro groups is 1. The van der Waals surface area contributed by atoms with Crippen LogP contribution < -0.4 is 4.80 Å². The smallest absolute Gasteiger partial charge is 0.279 e. The highest BCUT2D eigenvalue weighted by Crippen LogP contribution is 2.27. The van der Waals surface area contributed by atoms with E-state index >= 15 is 0 Å². The molecular weight excluding hydrogens is 516 g/mol. The van der Waals surface area contributed by atoms with Crippen LogP contribution in [0.4, 0.5) is 5.69 Å². The molecule has 37 heavy (non-hydrogen) atoms. The molecule has 0 saturated carbocycles. The zero-order chi connectivity index (χ0) is 26.6. The van der Waals surface area contributed by atoms with E-state index in [0.29, 0.717) is 36.6 Å². The number of carbonyl (C=O) groups excluding carboxylic acids is 1. The van der Waals surface area contributed by atoms with Gasteiger partial charge in [0.15, 0.2) is 4.80 Å². The highest BCUT2D eigenvalue weighted by Gasteiger charge is 2.32. The van der Waals surface area contributed by atoms with Crippen molar-refractivity contribution in [1.82, 2.24) is 8.87 Å². The molecule has 1 amide bonds. The van der Waals surface area contributed by atoms with Gasteiger partial charge in [0.2, 0.25) is 10.0 Å². The number of piperidine rings is 1. The van der Waals surface area contributed by atoms with E-state index in [0.717, 1.165) is 30.4 Å². The molecule has 198 valence electrons. The van der Waals surface area contributed by atoms with Crippen LogP contribution in [0.1, 0.15) is 49.9 Å². The number of carbonyl (C=O) groups is 1. The minimum Gasteiger partial charge on any atom is -0.380 e. The molecule has 1 fully saturated rings. The van der Waals surface area contributed by atoms with Gasteiger partial charge in [0.1, 0.15) is 0 Å². The van der Waals surface area contributed by atoms with Crippen molar-refractivity contribution in [2.45, 2.75) is 57.0 Å². The number of non-ortho nitro benzene ring substituents is 1.